The summed E-state index contributed by atoms with van der Waals surface area (Å²) in [6.07, 6.45) is 0.351. The number of hydrogen-bond donors (Lipinski definition) is 2. The van der Waals surface area contributed by atoms with Crippen molar-refractivity contribution in [2.75, 3.05) is 23.8 Å². The topological polar surface area (TPSA) is 58.4 Å². The summed E-state index contributed by atoms with van der Waals surface area (Å²) in [7, 11) is 2.03. The molecule has 0 atom stereocenters. The van der Waals surface area contributed by atoms with E-state index in [2.05, 4.69) is 24.1 Å². The minimum absolute atomic E-state index is 0.0446. The van der Waals surface area contributed by atoms with Crippen LogP contribution in [-0.4, -0.2) is 25.5 Å². The Morgan fingerprint density at radius 1 is 1.47 bits per heavy atom. The lowest BCUT2D eigenvalue weighted by molar-refractivity contribution is -0.116. The minimum Gasteiger partial charge on any atom is -0.372 e. The van der Waals surface area contributed by atoms with E-state index in [1.807, 2.05) is 31.3 Å². The summed E-state index contributed by atoms with van der Waals surface area (Å²) in [5.74, 6) is -0.0446. The minimum atomic E-state index is -0.0446. The summed E-state index contributed by atoms with van der Waals surface area (Å²) < 4.78 is 0. The maximum Gasteiger partial charge on any atom is 0.225 e. The van der Waals surface area contributed by atoms with Crippen LogP contribution in [0.15, 0.2) is 24.3 Å². The van der Waals surface area contributed by atoms with Crippen molar-refractivity contribution < 1.29 is 4.79 Å². The molecule has 17 heavy (non-hydrogen) atoms. The molecule has 0 heterocycles. The zero-order chi connectivity index (χ0) is 12.8. The smallest absolute Gasteiger partial charge is 0.225 e. The fraction of sp³-hybridized carbons (Fsp3) is 0.462. The Bertz CT molecular complexity index is 377. The molecule has 0 aliphatic rings. The molecule has 0 unspecified atom stereocenters. The molecule has 4 nitrogen and oxygen atoms in total. The third-order valence-corrected chi connectivity index (χ3v) is 2.68. The second kappa shape index (κ2) is 6.25. The van der Waals surface area contributed by atoms with Crippen LogP contribution in [0.3, 0.4) is 0 Å². The van der Waals surface area contributed by atoms with Gasteiger partial charge >= 0.3 is 0 Å². The van der Waals surface area contributed by atoms with E-state index in [1.54, 1.807) is 0 Å². The van der Waals surface area contributed by atoms with Gasteiger partial charge in [-0.25, -0.2) is 0 Å². The molecule has 3 N–H and O–H groups in total. The van der Waals surface area contributed by atoms with Crippen molar-refractivity contribution in [2.24, 2.45) is 5.73 Å². The molecule has 0 bridgehead atoms. The zero-order valence-electron chi connectivity index (χ0n) is 10.7. The lowest BCUT2D eigenvalue weighted by atomic mass is 10.2. The number of benzene rings is 1. The number of hydrogen-bond acceptors (Lipinski definition) is 3. The highest BCUT2D eigenvalue weighted by Gasteiger charge is 2.06. The van der Waals surface area contributed by atoms with Crippen LogP contribution in [0.4, 0.5) is 11.4 Å². The van der Waals surface area contributed by atoms with Crippen LogP contribution in [0.2, 0.25) is 0 Å². The summed E-state index contributed by atoms with van der Waals surface area (Å²) in [6.45, 7) is 4.62. The van der Waals surface area contributed by atoms with Gasteiger partial charge in [-0.3, -0.25) is 4.79 Å². The van der Waals surface area contributed by atoms with Gasteiger partial charge in [0.1, 0.15) is 0 Å². The van der Waals surface area contributed by atoms with Crippen molar-refractivity contribution in [3.63, 3.8) is 0 Å². The van der Waals surface area contributed by atoms with E-state index in [0.717, 1.165) is 11.4 Å². The second-order valence-electron chi connectivity index (χ2n) is 4.34. The second-order valence-corrected chi connectivity index (χ2v) is 4.34. The molecule has 1 aromatic carbocycles. The van der Waals surface area contributed by atoms with Gasteiger partial charge in [0.25, 0.3) is 0 Å². The lowest BCUT2D eigenvalue weighted by Gasteiger charge is -2.24. The van der Waals surface area contributed by atoms with E-state index < -0.39 is 0 Å². The quantitative estimate of drug-likeness (QED) is 0.818. The van der Waals surface area contributed by atoms with E-state index >= 15 is 0 Å². The summed E-state index contributed by atoms with van der Waals surface area (Å²) >= 11 is 0. The largest absolute Gasteiger partial charge is 0.372 e. The fourth-order valence-corrected chi connectivity index (χ4v) is 1.46. The van der Waals surface area contributed by atoms with Crippen LogP contribution in [0.1, 0.15) is 20.3 Å². The maximum absolute atomic E-state index is 11.4. The predicted molar refractivity (Wildman–Crippen MR) is 72.3 cm³/mol. The molecule has 4 heteroatoms. The average Bonchev–Trinajstić information content (AvgIpc) is 2.28. The Morgan fingerprint density at radius 3 is 2.76 bits per heavy atom. The Labute approximate surface area is 103 Å². The van der Waals surface area contributed by atoms with E-state index in [9.17, 15) is 4.79 Å². The molecule has 1 amide bonds. The van der Waals surface area contributed by atoms with Gasteiger partial charge < -0.3 is 16.0 Å². The third-order valence-electron chi connectivity index (χ3n) is 2.68. The van der Waals surface area contributed by atoms with Crippen LogP contribution in [-0.2, 0) is 4.79 Å². The number of amides is 1. The molecule has 0 aromatic heterocycles. The van der Waals surface area contributed by atoms with Gasteiger partial charge in [0.2, 0.25) is 5.91 Å². The normalized spacial score (nSPS) is 10.4. The highest BCUT2D eigenvalue weighted by Crippen LogP contribution is 2.20. The van der Waals surface area contributed by atoms with Crippen molar-refractivity contribution in [3.8, 4) is 0 Å². The molecule has 0 saturated heterocycles. The van der Waals surface area contributed by atoms with Crippen molar-refractivity contribution in [1.29, 1.82) is 0 Å². The molecule has 0 radical (unpaired) electrons. The van der Waals surface area contributed by atoms with Gasteiger partial charge in [0, 0.05) is 37.4 Å². The number of carbonyl (C=O) groups is 1. The van der Waals surface area contributed by atoms with E-state index in [4.69, 9.17) is 5.73 Å². The van der Waals surface area contributed by atoms with Gasteiger partial charge in [-0.15, -0.1) is 0 Å². The van der Waals surface area contributed by atoms with Crippen molar-refractivity contribution >= 4 is 17.3 Å². The molecule has 0 fully saturated rings. The van der Waals surface area contributed by atoms with E-state index in [-0.39, 0.29) is 5.91 Å². The number of nitrogens with zero attached hydrogens (tertiary/aromatic N) is 1. The standard InChI is InChI=1S/C13H21N3O/c1-10(2)16(3)12-6-4-5-11(9-12)15-13(17)7-8-14/h4-6,9-10H,7-8,14H2,1-3H3,(H,15,17). The van der Waals surface area contributed by atoms with Gasteiger partial charge in [0.15, 0.2) is 0 Å². The SMILES string of the molecule is CC(C)N(C)c1cccc(NC(=O)CCN)c1. The van der Waals surface area contributed by atoms with Gasteiger partial charge in [-0.1, -0.05) is 6.07 Å². The summed E-state index contributed by atoms with van der Waals surface area (Å²) in [5.41, 5.74) is 7.23. The molecule has 94 valence electrons. The highest BCUT2D eigenvalue weighted by molar-refractivity contribution is 5.91. The lowest BCUT2D eigenvalue weighted by Crippen LogP contribution is -2.25. The monoisotopic (exact) mass is 235 g/mol. The number of anilines is 2. The average molecular weight is 235 g/mol. The number of rotatable bonds is 5. The fourth-order valence-electron chi connectivity index (χ4n) is 1.46. The first kappa shape index (κ1) is 13.5. The number of nitrogens with one attached hydrogen (secondary N) is 1. The van der Waals surface area contributed by atoms with Crippen LogP contribution >= 0.6 is 0 Å². The van der Waals surface area contributed by atoms with E-state index in [0.29, 0.717) is 19.0 Å². The summed E-state index contributed by atoms with van der Waals surface area (Å²) in [5, 5.41) is 2.83. The van der Waals surface area contributed by atoms with Crippen LogP contribution in [0, 0.1) is 0 Å². The summed E-state index contributed by atoms with van der Waals surface area (Å²) in [4.78, 5) is 13.6. The molecular weight excluding hydrogens is 214 g/mol. The molecule has 1 rings (SSSR count). The van der Waals surface area contributed by atoms with Gasteiger partial charge in [-0.2, -0.15) is 0 Å². The molecule has 0 aliphatic carbocycles. The van der Waals surface area contributed by atoms with E-state index in [1.165, 1.54) is 0 Å². The van der Waals surface area contributed by atoms with Crippen LogP contribution < -0.4 is 16.0 Å². The first-order valence-corrected chi connectivity index (χ1v) is 5.87. The Hall–Kier alpha value is -1.55. The number of nitrogens with two attached hydrogens (primary N) is 1. The maximum atomic E-state index is 11.4. The van der Waals surface area contributed by atoms with Crippen molar-refractivity contribution in [2.45, 2.75) is 26.3 Å². The van der Waals surface area contributed by atoms with Gasteiger partial charge in [-0.05, 0) is 32.0 Å². The van der Waals surface area contributed by atoms with Crippen molar-refractivity contribution in [3.05, 3.63) is 24.3 Å². The Balaban J connectivity index is 2.75. The zero-order valence-corrected chi connectivity index (χ0v) is 10.7. The molecule has 0 saturated carbocycles. The van der Waals surface area contributed by atoms with Crippen LogP contribution in [0.5, 0.6) is 0 Å². The number of carbonyl (C=O) groups excluding carboxylic acids is 1. The highest BCUT2D eigenvalue weighted by atomic mass is 16.1. The predicted octanol–water partition coefficient (Wildman–Crippen LogP) is 1.82. The molecule has 0 aliphatic heterocycles. The van der Waals surface area contributed by atoms with Crippen molar-refractivity contribution in [1.82, 2.24) is 0 Å². The third kappa shape index (κ3) is 4.07. The van der Waals surface area contributed by atoms with Gasteiger partial charge in [0.05, 0.1) is 0 Å². The molecule has 1 aromatic rings. The molecular formula is C13H21N3O. The summed E-state index contributed by atoms with van der Waals surface area (Å²) in [6, 6.07) is 8.23. The molecule has 0 spiro atoms. The Kier molecular flexibility index (Phi) is 4.97. The first-order chi connectivity index (χ1) is 8.04. The first-order valence-electron chi connectivity index (χ1n) is 5.87. The van der Waals surface area contributed by atoms with Crippen LogP contribution in [0.25, 0.3) is 0 Å². The Morgan fingerprint density at radius 2 is 2.18 bits per heavy atom.